The Morgan fingerprint density at radius 3 is 2.00 bits per heavy atom. The van der Waals surface area contributed by atoms with Gasteiger partial charge in [-0.25, -0.2) is 8.42 Å². The summed E-state index contributed by atoms with van der Waals surface area (Å²) in [5.41, 5.74) is 1.97. The first-order valence-corrected chi connectivity index (χ1v) is 11.6. The quantitative estimate of drug-likeness (QED) is 0.572. The van der Waals surface area contributed by atoms with Crippen LogP contribution in [0.1, 0.15) is 25.0 Å². The van der Waals surface area contributed by atoms with E-state index in [1.807, 2.05) is 57.2 Å². The third-order valence-corrected chi connectivity index (χ3v) is 6.70. The van der Waals surface area contributed by atoms with Gasteiger partial charge in [0.15, 0.2) is 0 Å². The number of para-hydroxylation sites is 1. The van der Waals surface area contributed by atoms with Gasteiger partial charge in [-0.3, -0.25) is 9.10 Å². The third-order valence-electron chi connectivity index (χ3n) is 4.91. The molecule has 0 aliphatic heterocycles. The summed E-state index contributed by atoms with van der Waals surface area (Å²) in [5, 5.41) is 2.99. The van der Waals surface area contributed by atoms with Gasteiger partial charge in [0.2, 0.25) is 5.91 Å². The van der Waals surface area contributed by atoms with Crippen molar-refractivity contribution in [1.29, 1.82) is 0 Å². The summed E-state index contributed by atoms with van der Waals surface area (Å²) in [5.74, 6) is -0.361. The molecular weight excluding hydrogens is 408 g/mol. The minimum Gasteiger partial charge on any atom is -0.349 e. The normalized spacial score (nSPS) is 11.7. The first kappa shape index (κ1) is 22.6. The molecule has 0 atom stereocenters. The number of aryl methyl sites for hydroxylation is 1. The summed E-state index contributed by atoms with van der Waals surface area (Å²) in [6, 6.07) is 25.2. The number of hydrogen-bond donors (Lipinski definition) is 1. The largest absolute Gasteiger partial charge is 0.349 e. The van der Waals surface area contributed by atoms with Crippen LogP contribution in [-0.4, -0.2) is 26.4 Å². The molecule has 0 heterocycles. The second-order valence-corrected chi connectivity index (χ2v) is 10.1. The van der Waals surface area contributed by atoms with E-state index in [0.717, 1.165) is 15.4 Å². The smallest absolute Gasteiger partial charge is 0.264 e. The monoisotopic (exact) mass is 436 g/mol. The molecule has 0 fully saturated rings. The number of carbonyl (C=O) groups excluding carboxylic acids is 1. The predicted molar refractivity (Wildman–Crippen MR) is 125 cm³/mol. The lowest BCUT2D eigenvalue weighted by atomic mass is 9.95. The molecular formula is C25H28N2O3S. The molecule has 1 N–H and O–H groups in total. The van der Waals surface area contributed by atoms with Crippen molar-refractivity contribution in [2.24, 2.45) is 0 Å². The molecule has 3 aromatic rings. The topological polar surface area (TPSA) is 66.5 Å². The Morgan fingerprint density at radius 2 is 1.42 bits per heavy atom. The number of amides is 1. The molecule has 0 saturated heterocycles. The van der Waals surface area contributed by atoms with E-state index in [0.29, 0.717) is 12.1 Å². The maximum atomic E-state index is 13.4. The molecule has 0 saturated carbocycles. The Bertz CT molecular complexity index is 1110. The van der Waals surface area contributed by atoms with Gasteiger partial charge in [0.05, 0.1) is 10.6 Å². The van der Waals surface area contributed by atoms with Crippen molar-refractivity contribution in [2.75, 3.05) is 10.8 Å². The SMILES string of the molecule is Cc1ccc(S(=O)(=O)N(CC(=O)NC(C)(C)Cc2ccccc2)c2ccccc2)cc1. The number of nitrogens with zero attached hydrogens (tertiary/aromatic N) is 1. The van der Waals surface area contributed by atoms with Gasteiger partial charge in [-0.2, -0.15) is 0 Å². The van der Waals surface area contributed by atoms with E-state index in [2.05, 4.69) is 5.32 Å². The Balaban J connectivity index is 1.83. The van der Waals surface area contributed by atoms with Crippen LogP contribution in [0.3, 0.4) is 0 Å². The van der Waals surface area contributed by atoms with Crippen molar-refractivity contribution >= 4 is 21.6 Å². The van der Waals surface area contributed by atoms with Crippen molar-refractivity contribution in [3.63, 3.8) is 0 Å². The first-order valence-electron chi connectivity index (χ1n) is 10.2. The van der Waals surface area contributed by atoms with E-state index < -0.39 is 15.6 Å². The molecule has 0 aromatic heterocycles. The van der Waals surface area contributed by atoms with Crippen LogP contribution in [0.4, 0.5) is 5.69 Å². The lowest BCUT2D eigenvalue weighted by Gasteiger charge is -2.29. The zero-order valence-electron chi connectivity index (χ0n) is 18.1. The fourth-order valence-corrected chi connectivity index (χ4v) is 4.87. The average Bonchev–Trinajstić information content (AvgIpc) is 2.73. The van der Waals surface area contributed by atoms with Crippen molar-refractivity contribution in [2.45, 2.75) is 37.6 Å². The molecule has 0 radical (unpaired) electrons. The lowest BCUT2D eigenvalue weighted by Crippen LogP contribution is -2.50. The van der Waals surface area contributed by atoms with Gasteiger partial charge in [-0.15, -0.1) is 0 Å². The summed E-state index contributed by atoms with van der Waals surface area (Å²) in [6.45, 7) is 5.45. The zero-order valence-corrected chi connectivity index (χ0v) is 18.9. The van der Waals surface area contributed by atoms with Crippen LogP contribution in [0.25, 0.3) is 0 Å². The Hall–Kier alpha value is -3.12. The summed E-state index contributed by atoms with van der Waals surface area (Å²) < 4.78 is 27.9. The van der Waals surface area contributed by atoms with Gasteiger partial charge in [0, 0.05) is 5.54 Å². The number of sulfonamides is 1. The van der Waals surface area contributed by atoms with Crippen molar-refractivity contribution in [3.05, 3.63) is 96.1 Å². The second-order valence-electron chi connectivity index (χ2n) is 8.25. The number of carbonyl (C=O) groups is 1. The van der Waals surface area contributed by atoms with Gasteiger partial charge >= 0.3 is 0 Å². The highest BCUT2D eigenvalue weighted by molar-refractivity contribution is 7.92. The number of nitrogens with one attached hydrogen (secondary N) is 1. The number of hydrogen-bond acceptors (Lipinski definition) is 3. The van der Waals surface area contributed by atoms with Crippen LogP contribution >= 0.6 is 0 Å². The number of rotatable bonds is 8. The molecule has 0 unspecified atom stereocenters. The van der Waals surface area contributed by atoms with Crippen molar-refractivity contribution < 1.29 is 13.2 Å². The molecule has 0 aliphatic rings. The predicted octanol–water partition coefficient (Wildman–Crippen LogP) is 4.33. The van der Waals surface area contributed by atoms with E-state index in [4.69, 9.17) is 0 Å². The molecule has 0 spiro atoms. The van der Waals surface area contributed by atoms with E-state index >= 15 is 0 Å². The fraction of sp³-hybridized carbons (Fsp3) is 0.240. The number of benzene rings is 3. The Morgan fingerprint density at radius 1 is 0.871 bits per heavy atom. The molecule has 0 aliphatic carbocycles. The van der Waals surface area contributed by atoms with Crippen LogP contribution < -0.4 is 9.62 Å². The summed E-state index contributed by atoms with van der Waals surface area (Å²) >= 11 is 0. The lowest BCUT2D eigenvalue weighted by molar-refractivity contribution is -0.121. The molecule has 3 aromatic carbocycles. The standard InChI is InChI=1S/C25H28N2O3S/c1-20-14-16-23(17-15-20)31(29,30)27(22-12-8-5-9-13-22)19-24(28)26-25(2,3)18-21-10-6-4-7-11-21/h4-17H,18-19H2,1-3H3,(H,26,28). The Kier molecular flexibility index (Phi) is 6.81. The highest BCUT2D eigenvalue weighted by atomic mass is 32.2. The maximum Gasteiger partial charge on any atom is 0.264 e. The van der Waals surface area contributed by atoms with E-state index in [1.165, 1.54) is 0 Å². The van der Waals surface area contributed by atoms with E-state index in [1.54, 1.807) is 48.5 Å². The van der Waals surface area contributed by atoms with Crippen molar-refractivity contribution in [1.82, 2.24) is 5.32 Å². The van der Waals surface area contributed by atoms with E-state index in [-0.39, 0.29) is 17.3 Å². The summed E-state index contributed by atoms with van der Waals surface area (Å²) in [4.78, 5) is 13.1. The zero-order chi connectivity index (χ0) is 22.5. The summed E-state index contributed by atoms with van der Waals surface area (Å²) in [6.07, 6.45) is 0.635. The average molecular weight is 437 g/mol. The van der Waals surface area contributed by atoms with Crippen LogP contribution in [0.5, 0.6) is 0 Å². The molecule has 1 amide bonds. The molecule has 3 rings (SSSR count). The first-order chi connectivity index (χ1) is 14.7. The van der Waals surface area contributed by atoms with Gasteiger partial charge in [0.1, 0.15) is 6.54 Å². The minimum atomic E-state index is -3.91. The molecule has 162 valence electrons. The van der Waals surface area contributed by atoms with E-state index in [9.17, 15) is 13.2 Å². The Labute approximate surface area is 184 Å². The number of anilines is 1. The third kappa shape index (κ3) is 5.95. The molecule has 5 nitrogen and oxygen atoms in total. The van der Waals surface area contributed by atoms with Crippen LogP contribution in [0.15, 0.2) is 89.8 Å². The van der Waals surface area contributed by atoms with Gasteiger partial charge in [0.25, 0.3) is 10.0 Å². The molecule has 6 heteroatoms. The summed E-state index contributed by atoms with van der Waals surface area (Å²) in [7, 11) is -3.91. The fourth-order valence-electron chi connectivity index (χ4n) is 3.44. The van der Waals surface area contributed by atoms with Crippen molar-refractivity contribution in [3.8, 4) is 0 Å². The van der Waals surface area contributed by atoms with Gasteiger partial charge in [-0.1, -0.05) is 66.2 Å². The van der Waals surface area contributed by atoms with Crippen LogP contribution in [-0.2, 0) is 21.2 Å². The minimum absolute atomic E-state index is 0.151. The van der Waals surface area contributed by atoms with Gasteiger partial charge < -0.3 is 5.32 Å². The molecule has 0 bridgehead atoms. The second kappa shape index (κ2) is 9.35. The van der Waals surface area contributed by atoms with Crippen LogP contribution in [0.2, 0.25) is 0 Å². The maximum absolute atomic E-state index is 13.4. The molecule has 31 heavy (non-hydrogen) atoms. The highest BCUT2D eigenvalue weighted by Gasteiger charge is 2.29. The van der Waals surface area contributed by atoms with Gasteiger partial charge in [-0.05, 0) is 57.0 Å². The highest BCUT2D eigenvalue weighted by Crippen LogP contribution is 2.24. The van der Waals surface area contributed by atoms with Crippen LogP contribution in [0, 0.1) is 6.92 Å².